The third kappa shape index (κ3) is 4.80. The summed E-state index contributed by atoms with van der Waals surface area (Å²) >= 11 is 0. The maximum absolute atomic E-state index is 14.8. The van der Waals surface area contributed by atoms with Crippen molar-refractivity contribution in [2.75, 3.05) is 12.3 Å². The highest BCUT2D eigenvalue weighted by Gasteiger charge is 2.46. The molecule has 176 valence electrons. The van der Waals surface area contributed by atoms with Crippen LogP contribution in [0.3, 0.4) is 0 Å². The summed E-state index contributed by atoms with van der Waals surface area (Å²) in [6.07, 6.45) is 1.28. The van der Waals surface area contributed by atoms with Gasteiger partial charge in [0.25, 0.3) is 5.92 Å². The van der Waals surface area contributed by atoms with Crippen molar-refractivity contribution in [2.24, 2.45) is 5.92 Å². The van der Waals surface area contributed by atoms with E-state index in [2.05, 4.69) is 20.9 Å². The standard InChI is InChI=1S/C23H26F3N5O2/c1-12(21(32)31-18-8-7-17-16(18)6-9-20(27)30-17)29-22(33)19-10-14(11-28-19)23(25,26)13-2-4-15(24)5-3-13/h2-6,9,12,14,18-19,28H,7-8,10-11H2,1H3,(H2,27,30)(H,29,33)(H,31,32)/t12?,14?,18?,19-/m1/s1. The molecule has 1 aliphatic carbocycles. The molecule has 4 rings (SSSR count). The zero-order valence-corrected chi connectivity index (χ0v) is 18.1. The second-order valence-electron chi connectivity index (χ2n) is 8.63. The van der Waals surface area contributed by atoms with Crippen LogP contribution in [-0.2, 0) is 21.9 Å². The van der Waals surface area contributed by atoms with Crippen molar-refractivity contribution in [3.05, 3.63) is 59.0 Å². The third-order valence-corrected chi connectivity index (χ3v) is 6.33. The fourth-order valence-electron chi connectivity index (χ4n) is 4.43. The number of rotatable bonds is 6. The van der Waals surface area contributed by atoms with Gasteiger partial charge in [-0.15, -0.1) is 0 Å². The van der Waals surface area contributed by atoms with Crippen LogP contribution in [0.4, 0.5) is 19.0 Å². The number of aromatic nitrogens is 1. The van der Waals surface area contributed by atoms with E-state index in [9.17, 15) is 22.8 Å². The number of nitrogen functional groups attached to an aromatic ring is 1. The molecule has 2 aromatic rings. The molecule has 10 heteroatoms. The average Bonchev–Trinajstić information content (AvgIpc) is 3.42. The number of alkyl halides is 2. The summed E-state index contributed by atoms with van der Waals surface area (Å²) in [5.74, 6) is -5.40. The first-order chi connectivity index (χ1) is 15.6. The van der Waals surface area contributed by atoms with Crippen molar-refractivity contribution in [3.63, 3.8) is 0 Å². The molecule has 0 bridgehead atoms. The van der Waals surface area contributed by atoms with E-state index in [0.29, 0.717) is 18.7 Å². The summed E-state index contributed by atoms with van der Waals surface area (Å²) in [5, 5.41) is 8.32. The molecule has 7 nitrogen and oxygen atoms in total. The molecular formula is C23H26F3N5O2. The van der Waals surface area contributed by atoms with E-state index in [1.807, 2.05) is 6.07 Å². The smallest absolute Gasteiger partial charge is 0.277 e. The average molecular weight is 461 g/mol. The Bertz CT molecular complexity index is 1050. The molecule has 1 aromatic carbocycles. The molecule has 2 aliphatic rings. The Labute approximate surface area is 189 Å². The number of hydrogen-bond donors (Lipinski definition) is 4. The van der Waals surface area contributed by atoms with Gasteiger partial charge in [0.05, 0.1) is 12.1 Å². The predicted molar refractivity (Wildman–Crippen MR) is 116 cm³/mol. The van der Waals surface area contributed by atoms with E-state index in [1.165, 1.54) is 0 Å². The Kier molecular flexibility index (Phi) is 6.29. The molecule has 3 unspecified atom stereocenters. The fourth-order valence-corrected chi connectivity index (χ4v) is 4.43. The highest BCUT2D eigenvalue weighted by molar-refractivity contribution is 5.89. The quantitative estimate of drug-likeness (QED) is 0.527. The Hall–Kier alpha value is -3.14. The van der Waals surface area contributed by atoms with E-state index >= 15 is 0 Å². The van der Waals surface area contributed by atoms with E-state index < -0.39 is 35.6 Å². The number of nitrogens with one attached hydrogen (secondary N) is 3. The number of benzene rings is 1. The van der Waals surface area contributed by atoms with Crippen LogP contribution in [0, 0.1) is 11.7 Å². The minimum atomic E-state index is -3.22. The lowest BCUT2D eigenvalue weighted by Gasteiger charge is -2.23. The zero-order chi connectivity index (χ0) is 23.8. The molecule has 1 aliphatic heterocycles. The summed E-state index contributed by atoms with van der Waals surface area (Å²) in [6.45, 7) is 1.47. The van der Waals surface area contributed by atoms with Gasteiger partial charge in [-0.25, -0.2) is 18.2 Å². The summed E-state index contributed by atoms with van der Waals surface area (Å²) < 4.78 is 42.7. The zero-order valence-electron chi connectivity index (χ0n) is 18.1. The van der Waals surface area contributed by atoms with Gasteiger partial charge in [-0.1, -0.05) is 18.2 Å². The number of anilines is 1. The number of carbonyl (C=O) groups is 2. The molecule has 1 fully saturated rings. The minimum absolute atomic E-state index is 0.0714. The van der Waals surface area contributed by atoms with Crippen LogP contribution in [0.1, 0.15) is 42.6 Å². The maximum atomic E-state index is 14.8. The van der Waals surface area contributed by atoms with Crippen LogP contribution in [-0.4, -0.2) is 35.4 Å². The van der Waals surface area contributed by atoms with Crippen molar-refractivity contribution in [1.29, 1.82) is 0 Å². The molecule has 2 heterocycles. The number of carbonyl (C=O) groups excluding carboxylic acids is 2. The second kappa shape index (κ2) is 9.01. The van der Waals surface area contributed by atoms with E-state index in [0.717, 1.165) is 35.5 Å². The number of hydrogen-bond acceptors (Lipinski definition) is 5. The topological polar surface area (TPSA) is 109 Å². The Morgan fingerprint density at radius 2 is 1.94 bits per heavy atom. The van der Waals surface area contributed by atoms with Crippen molar-refractivity contribution < 1.29 is 22.8 Å². The summed E-state index contributed by atoms with van der Waals surface area (Å²) in [6, 6.07) is 5.69. The summed E-state index contributed by atoms with van der Waals surface area (Å²) in [4.78, 5) is 29.5. The van der Waals surface area contributed by atoms with Crippen molar-refractivity contribution in [2.45, 2.75) is 50.2 Å². The molecule has 0 saturated carbocycles. The molecule has 1 aromatic heterocycles. The van der Waals surface area contributed by atoms with Gasteiger partial charge in [-0.3, -0.25) is 9.59 Å². The lowest BCUT2D eigenvalue weighted by atomic mass is 9.92. The Morgan fingerprint density at radius 3 is 2.67 bits per heavy atom. The predicted octanol–water partition coefficient (Wildman–Crippen LogP) is 2.18. The van der Waals surface area contributed by atoms with E-state index in [4.69, 9.17) is 5.73 Å². The van der Waals surface area contributed by atoms with Crippen LogP contribution in [0.25, 0.3) is 0 Å². The molecule has 4 atom stereocenters. The van der Waals surface area contributed by atoms with Crippen molar-refractivity contribution in [3.8, 4) is 0 Å². The first-order valence-corrected chi connectivity index (χ1v) is 10.9. The number of pyridine rings is 1. The minimum Gasteiger partial charge on any atom is -0.384 e. The van der Waals surface area contributed by atoms with Gasteiger partial charge < -0.3 is 21.7 Å². The van der Waals surface area contributed by atoms with Crippen LogP contribution in [0.5, 0.6) is 0 Å². The molecular weight excluding hydrogens is 435 g/mol. The van der Waals surface area contributed by atoms with Crippen molar-refractivity contribution in [1.82, 2.24) is 20.9 Å². The summed E-state index contributed by atoms with van der Waals surface area (Å²) in [7, 11) is 0. The van der Waals surface area contributed by atoms with Crippen LogP contribution in [0.2, 0.25) is 0 Å². The number of amides is 2. The highest BCUT2D eigenvalue weighted by Crippen LogP contribution is 2.40. The van der Waals surface area contributed by atoms with E-state index in [-0.39, 0.29) is 30.5 Å². The highest BCUT2D eigenvalue weighted by atomic mass is 19.3. The third-order valence-electron chi connectivity index (χ3n) is 6.33. The lowest BCUT2D eigenvalue weighted by molar-refractivity contribution is -0.130. The molecule has 2 amide bonds. The first-order valence-electron chi connectivity index (χ1n) is 10.9. The molecule has 33 heavy (non-hydrogen) atoms. The van der Waals surface area contributed by atoms with Crippen LogP contribution in [0.15, 0.2) is 36.4 Å². The summed E-state index contributed by atoms with van der Waals surface area (Å²) in [5.41, 5.74) is 7.16. The van der Waals surface area contributed by atoms with Crippen LogP contribution >= 0.6 is 0 Å². The molecule has 0 radical (unpaired) electrons. The molecule has 1 saturated heterocycles. The lowest BCUT2D eigenvalue weighted by Crippen LogP contribution is -2.50. The molecule has 5 N–H and O–H groups in total. The van der Waals surface area contributed by atoms with E-state index in [1.54, 1.807) is 13.0 Å². The monoisotopic (exact) mass is 461 g/mol. The Morgan fingerprint density at radius 1 is 1.21 bits per heavy atom. The second-order valence-corrected chi connectivity index (χ2v) is 8.63. The van der Waals surface area contributed by atoms with Gasteiger partial charge in [0, 0.05) is 23.7 Å². The number of aryl methyl sites for hydroxylation is 1. The first kappa shape index (κ1) is 23.0. The van der Waals surface area contributed by atoms with Gasteiger partial charge in [-0.05, 0) is 49.9 Å². The fraction of sp³-hybridized carbons (Fsp3) is 0.435. The number of fused-ring (bicyclic) bond motifs is 1. The largest absolute Gasteiger partial charge is 0.384 e. The maximum Gasteiger partial charge on any atom is 0.277 e. The van der Waals surface area contributed by atoms with Gasteiger partial charge >= 0.3 is 0 Å². The van der Waals surface area contributed by atoms with Crippen molar-refractivity contribution >= 4 is 17.6 Å². The van der Waals surface area contributed by atoms with Crippen LogP contribution < -0.4 is 21.7 Å². The van der Waals surface area contributed by atoms with Gasteiger partial charge in [-0.2, -0.15) is 0 Å². The van der Waals surface area contributed by atoms with Gasteiger partial charge in [0.2, 0.25) is 11.8 Å². The Balaban J connectivity index is 1.31. The normalized spacial score (nSPS) is 23.1. The van der Waals surface area contributed by atoms with Gasteiger partial charge in [0.15, 0.2) is 0 Å². The number of nitrogens with zero attached hydrogens (tertiary/aromatic N) is 1. The molecule has 0 spiro atoms. The number of nitrogens with two attached hydrogens (primary N) is 1. The SMILES string of the molecule is CC(NC(=O)[C@H]1CC(C(F)(F)c2ccc(F)cc2)CN1)C(=O)NC1CCc2nc(N)ccc21. The number of halogens is 3. The van der Waals surface area contributed by atoms with Gasteiger partial charge in [0.1, 0.15) is 17.7 Å².